The number of nitrogens with zero attached hydrogens (tertiary/aromatic N) is 4. The topological polar surface area (TPSA) is 97.4 Å². The average molecular weight is 454 g/mol. The number of aliphatic hydroxyl groups is 1. The number of aromatic nitrogens is 3. The Morgan fingerprint density at radius 2 is 2.06 bits per heavy atom. The van der Waals surface area contributed by atoms with Gasteiger partial charge < -0.3 is 20.5 Å². The van der Waals surface area contributed by atoms with Gasteiger partial charge in [0.05, 0.1) is 46.4 Å². The van der Waals surface area contributed by atoms with E-state index in [0.29, 0.717) is 23.3 Å². The fourth-order valence-electron chi connectivity index (χ4n) is 3.80. The molecule has 0 saturated heterocycles. The van der Waals surface area contributed by atoms with Gasteiger partial charge in [-0.3, -0.25) is 0 Å². The highest BCUT2D eigenvalue weighted by Gasteiger charge is 2.38. The van der Waals surface area contributed by atoms with E-state index in [4.69, 9.17) is 22.1 Å². The van der Waals surface area contributed by atoms with Crippen molar-refractivity contribution in [3.63, 3.8) is 0 Å². The van der Waals surface area contributed by atoms with Crippen LogP contribution in [0, 0.1) is 6.92 Å². The van der Waals surface area contributed by atoms with Gasteiger partial charge in [-0.15, -0.1) is 0 Å². The molecule has 0 amide bonds. The van der Waals surface area contributed by atoms with E-state index >= 15 is 0 Å². The maximum Gasteiger partial charge on any atom is 0.418 e. The van der Waals surface area contributed by atoms with Crippen LogP contribution in [0.25, 0.3) is 22.2 Å². The summed E-state index contributed by atoms with van der Waals surface area (Å²) in [5.41, 5.74) is 4.74. The molecule has 0 spiro atoms. The normalized spacial score (nSPS) is 15.0. The average Bonchev–Trinajstić information content (AvgIpc) is 2.89. The summed E-state index contributed by atoms with van der Waals surface area (Å²) in [6.45, 7) is 3.61. The molecule has 4 rings (SSSR count). The smallest absolute Gasteiger partial charge is 0.418 e. The lowest BCUT2D eigenvalue weighted by atomic mass is 9.99. The molecule has 0 fully saturated rings. The molecule has 1 unspecified atom stereocenters. The number of hydrogen-bond donors (Lipinski definition) is 2. The summed E-state index contributed by atoms with van der Waals surface area (Å²) < 4.78 is 47.4. The highest BCUT2D eigenvalue weighted by atomic mass is 35.5. The SMILES string of the molecule is Cc1cc(N)nc(-c2cc3ncnc4c3c(c2Cl)OCCN4C(C)CO)c1C(F)(F)F. The fraction of sp³-hybridized carbons (Fsp3) is 0.350. The summed E-state index contributed by atoms with van der Waals surface area (Å²) in [4.78, 5) is 14.4. The van der Waals surface area contributed by atoms with E-state index in [-0.39, 0.29) is 52.7 Å². The summed E-state index contributed by atoms with van der Waals surface area (Å²) in [6, 6.07) is 2.33. The van der Waals surface area contributed by atoms with Crippen LogP contribution in [0.4, 0.5) is 24.8 Å². The summed E-state index contributed by atoms with van der Waals surface area (Å²) >= 11 is 6.59. The Labute approximate surface area is 180 Å². The zero-order valence-electron chi connectivity index (χ0n) is 16.7. The van der Waals surface area contributed by atoms with E-state index in [1.54, 1.807) is 0 Å². The lowest BCUT2D eigenvalue weighted by Gasteiger charge is -2.27. The summed E-state index contributed by atoms with van der Waals surface area (Å²) in [5, 5.41) is 10.0. The molecule has 164 valence electrons. The van der Waals surface area contributed by atoms with Crippen molar-refractivity contribution >= 4 is 34.1 Å². The van der Waals surface area contributed by atoms with Gasteiger partial charge in [-0.05, 0) is 31.5 Å². The van der Waals surface area contributed by atoms with Crippen LogP contribution in [0.1, 0.15) is 18.1 Å². The molecule has 1 aliphatic heterocycles. The van der Waals surface area contributed by atoms with Crippen LogP contribution in [0.3, 0.4) is 0 Å². The monoisotopic (exact) mass is 453 g/mol. The van der Waals surface area contributed by atoms with Gasteiger partial charge in [0.15, 0.2) is 5.75 Å². The van der Waals surface area contributed by atoms with Gasteiger partial charge in [-0.1, -0.05) is 11.6 Å². The number of nitrogen functional groups attached to an aromatic ring is 1. The minimum absolute atomic E-state index is 0.0141. The first-order valence-electron chi connectivity index (χ1n) is 9.45. The number of alkyl halides is 3. The largest absolute Gasteiger partial charge is 0.489 e. The molecule has 31 heavy (non-hydrogen) atoms. The molecule has 0 radical (unpaired) electrons. The van der Waals surface area contributed by atoms with Gasteiger partial charge in [0.1, 0.15) is 24.6 Å². The summed E-state index contributed by atoms with van der Waals surface area (Å²) in [7, 11) is 0. The molecule has 3 heterocycles. The molecule has 1 aliphatic rings. The van der Waals surface area contributed by atoms with Crippen LogP contribution >= 0.6 is 11.6 Å². The lowest BCUT2D eigenvalue weighted by Crippen LogP contribution is -2.38. The van der Waals surface area contributed by atoms with Crippen LogP contribution in [-0.2, 0) is 6.18 Å². The van der Waals surface area contributed by atoms with E-state index in [1.807, 2.05) is 11.8 Å². The van der Waals surface area contributed by atoms with Gasteiger partial charge >= 0.3 is 6.18 Å². The van der Waals surface area contributed by atoms with Crippen molar-refractivity contribution in [1.29, 1.82) is 0 Å². The number of pyridine rings is 1. The first-order valence-corrected chi connectivity index (χ1v) is 9.83. The minimum atomic E-state index is -4.67. The summed E-state index contributed by atoms with van der Waals surface area (Å²) in [6.07, 6.45) is -3.36. The van der Waals surface area contributed by atoms with Crippen LogP contribution < -0.4 is 15.4 Å². The van der Waals surface area contributed by atoms with Gasteiger partial charge in [0.2, 0.25) is 0 Å². The molecule has 0 saturated carbocycles. The molecule has 0 aliphatic carbocycles. The molecule has 0 bridgehead atoms. The van der Waals surface area contributed by atoms with Crippen molar-refractivity contribution in [1.82, 2.24) is 15.0 Å². The molecule has 7 nitrogen and oxygen atoms in total. The van der Waals surface area contributed by atoms with Gasteiger partial charge in [-0.2, -0.15) is 13.2 Å². The quantitative estimate of drug-likeness (QED) is 0.622. The number of ether oxygens (including phenoxy) is 1. The van der Waals surface area contributed by atoms with Crippen molar-refractivity contribution in [3.8, 4) is 17.0 Å². The number of hydrogen-bond acceptors (Lipinski definition) is 7. The zero-order valence-corrected chi connectivity index (χ0v) is 17.4. The van der Waals surface area contributed by atoms with Crippen LogP contribution in [0.5, 0.6) is 5.75 Å². The van der Waals surface area contributed by atoms with Crippen molar-refractivity contribution < 1.29 is 23.0 Å². The van der Waals surface area contributed by atoms with E-state index in [2.05, 4.69) is 15.0 Å². The van der Waals surface area contributed by atoms with Crippen molar-refractivity contribution in [2.45, 2.75) is 26.1 Å². The standard InChI is InChI=1S/C20H19ClF3N5O2/c1-9-5-13(25)28-17(15(9)20(22,23)24)11-6-12-14-18(16(11)21)31-4-3-29(10(2)7-30)19(14)27-8-26-12/h5-6,8,10,30H,3-4,7H2,1-2H3,(H2,25,28). The maximum absolute atomic E-state index is 13.9. The van der Waals surface area contributed by atoms with Crippen molar-refractivity contribution in [2.75, 3.05) is 30.4 Å². The second kappa shape index (κ2) is 7.69. The predicted octanol–water partition coefficient (Wildman–Crippen LogP) is 3.83. The number of halogens is 4. The number of rotatable bonds is 3. The molecule has 3 N–H and O–H groups in total. The second-order valence-electron chi connectivity index (χ2n) is 7.32. The Bertz CT molecular complexity index is 1170. The van der Waals surface area contributed by atoms with Crippen LogP contribution in [0.2, 0.25) is 5.02 Å². The van der Waals surface area contributed by atoms with E-state index in [9.17, 15) is 18.3 Å². The van der Waals surface area contributed by atoms with E-state index in [1.165, 1.54) is 25.4 Å². The van der Waals surface area contributed by atoms with Crippen molar-refractivity contribution in [2.24, 2.45) is 0 Å². The third kappa shape index (κ3) is 3.59. The number of nitrogens with two attached hydrogens (primary N) is 1. The van der Waals surface area contributed by atoms with E-state index in [0.717, 1.165) is 0 Å². The van der Waals surface area contributed by atoms with Crippen LogP contribution in [-0.4, -0.2) is 45.9 Å². The molecular formula is C20H19ClF3N5O2. The number of benzene rings is 1. The lowest BCUT2D eigenvalue weighted by molar-refractivity contribution is -0.137. The first kappa shape index (κ1) is 21.4. The number of anilines is 2. The van der Waals surface area contributed by atoms with Gasteiger partial charge in [0.25, 0.3) is 0 Å². The second-order valence-corrected chi connectivity index (χ2v) is 7.70. The summed E-state index contributed by atoms with van der Waals surface area (Å²) in [5.74, 6) is 0.599. The molecular weight excluding hydrogens is 435 g/mol. The van der Waals surface area contributed by atoms with Gasteiger partial charge in [-0.25, -0.2) is 15.0 Å². The molecule has 11 heteroatoms. The van der Waals surface area contributed by atoms with Crippen molar-refractivity contribution in [3.05, 3.63) is 34.6 Å². The fourth-order valence-corrected chi connectivity index (χ4v) is 4.10. The van der Waals surface area contributed by atoms with Gasteiger partial charge in [0, 0.05) is 5.56 Å². The Morgan fingerprint density at radius 1 is 1.32 bits per heavy atom. The third-order valence-electron chi connectivity index (χ3n) is 5.22. The number of aryl methyl sites for hydroxylation is 1. The molecule has 1 atom stereocenters. The minimum Gasteiger partial charge on any atom is -0.489 e. The first-order chi connectivity index (χ1) is 14.6. The third-order valence-corrected chi connectivity index (χ3v) is 5.60. The zero-order chi connectivity index (χ0) is 22.5. The Hall–Kier alpha value is -2.85. The van der Waals surface area contributed by atoms with E-state index < -0.39 is 11.7 Å². The molecule has 3 aromatic rings. The predicted molar refractivity (Wildman–Crippen MR) is 111 cm³/mol. The molecule has 2 aromatic heterocycles. The maximum atomic E-state index is 13.9. The Balaban J connectivity index is 2.05. The van der Waals surface area contributed by atoms with Crippen LogP contribution in [0.15, 0.2) is 18.5 Å². The molecule has 1 aromatic carbocycles. The Morgan fingerprint density at radius 3 is 2.74 bits per heavy atom. The number of aliphatic hydroxyl groups excluding tert-OH is 1. The highest BCUT2D eigenvalue weighted by Crippen LogP contribution is 2.47. The highest BCUT2D eigenvalue weighted by molar-refractivity contribution is 6.36. The Kier molecular flexibility index (Phi) is 5.30.